The Morgan fingerprint density at radius 1 is 1.43 bits per heavy atom. The number of anilines is 1. The molecule has 3 unspecified atom stereocenters. The zero-order valence-electron chi connectivity index (χ0n) is 12.8. The number of carbonyl (C=O) groups excluding carboxylic acids is 1. The summed E-state index contributed by atoms with van der Waals surface area (Å²) in [5.74, 6) is 0.181. The number of nitrogens with zero attached hydrogens (tertiary/aromatic N) is 4. The molecule has 0 aromatic carbocycles. The molecule has 0 spiro atoms. The maximum Gasteiger partial charge on any atom is 0.244 e. The highest BCUT2D eigenvalue weighted by molar-refractivity contribution is 5.99. The molecule has 1 aromatic heterocycles. The highest BCUT2D eigenvalue weighted by Gasteiger charge is 2.41. The summed E-state index contributed by atoms with van der Waals surface area (Å²) < 4.78 is 1.72. The molecule has 6 nitrogen and oxygen atoms in total. The van der Waals surface area contributed by atoms with Crippen molar-refractivity contribution >= 4 is 11.6 Å². The first-order valence-corrected chi connectivity index (χ1v) is 7.80. The molecule has 1 amide bonds. The molecule has 2 fully saturated rings. The lowest BCUT2D eigenvalue weighted by Gasteiger charge is -2.30. The molecule has 2 saturated heterocycles. The van der Waals surface area contributed by atoms with Crippen LogP contribution in [0, 0.1) is 0 Å². The summed E-state index contributed by atoms with van der Waals surface area (Å²) >= 11 is 0. The number of aromatic nitrogens is 2. The molecule has 0 radical (unpaired) electrons. The second kappa shape index (κ2) is 5.77. The van der Waals surface area contributed by atoms with Crippen LogP contribution in [-0.4, -0.2) is 57.0 Å². The molecule has 1 aromatic rings. The first-order valence-electron chi connectivity index (χ1n) is 7.80. The molecular weight excluding hydrogens is 268 g/mol. The standard InChI is InChI=1S/C15H24N4O2/c1-11(20)8-12-4-3-6-18(12)14-5-7-19(15(14)21)13-9-16-17(2)10-13/h9-12,14,20H,3-8H2,1-2H3. The highest BCUT2D eigenvalue weighted by atomic mass is 16.3. The summed E-state index contributed by atoms with van der Waals surface area (Å²) in [5, 5.41) is 13.8. The minimum absolute atomic E-state index is 0.0311. The minimum Gasteiger partial charge on any atom is -0.393 e. The number of aryl methyl sites for hydroxylation is 1. The third kappa shape index (κ3) is 2.82. The molecule has 0 aliphatic carbocycles. The van der Waals surface area contributed by atoms with Gasteiger partial charge in [-0.2, -0.15) is 5.10 Å². The monoisotopic (exact) mass is 292 g/mol. The van der Waals surface area contributed by atoms with Gasteiger partial charge >= 0.3 is 0 Å². The van der Waals surface area contributed by atoms with Crippen molar-refractivity contribution in [1.29, 1.82) is 0 Å². The van der Waals surface area contributed by atoms with Crippen LogP contribution in [0.15, 0.2) is 12.4 Å². The van der Waals surface area contributed by atoms with Crippen molar-refractivity contribution in [2.75, 3.05) is 18.0 Å². The Morgan fingerprint density at radius 2 is 2.24 bits per heavy atom. The molecule has 2 aliphatic rings. The summed E-state index contributed by atoms with van der Waals surface area (Å²) in [7, 11) is 1.86. The number of rotatable bonds is 4. The van der Waals surface area contributed by atoms with E-state index in [-0.39, 0.29) is 18.1 Å². The Morgan fingerprint density at radius 3 is 2.90 bits per heavy atom. The summed E-state index contributed by atoms with van der Waals surface area (Å²) in [5.41, 5.74) is 0.885. The summed E-state index contributed by atoms with van der Waals surface area (Å²) in [6.45, 7) is 3.55. The fourth-order valence-corrected chi connectivity index (χ4v) is 3.69. The van der Waals surface area contributed by atoms with E-state index in [1.807, 2.05) is 25.1 Å². The number of amides is 1. The van der Waals surface area contributed by atoms with Crippen molar-refractivity contribution in [1.82, 2.24) is 14.7 Å². The molecule has 0 saturated carbocycles. The predicted octanol–water partition coefficient (Wildman–Crippen LogP) is 0.761. The molecule has 0 bridgehead atoms. The van der Waals surface area contributed by atoms with Crippen molar-refractivity contribution < 1.29 is 9.90 Å². The zero-order valence-corrected chi connectivity index (χ0v) is 12.8. The molecule has 6 heteroatoms. The summed E-state index contributed by atoms with van der Waals surface area (Å²) in [6.07, 6.45) is 7.16. The van der Waals surface area contributed by atoms with Gasteiger partial charge in [0.1, 0.15) is 0 Å². The highest BCUT2D eigenvalue weighted by Crippen LogP contribution is 2.30. The normalized spacial score (nSPS) is 28.5. The second-order valence-electron chi connectivity index (χ2n) is 6.29. The molecule has 2 aliphatic heterocycles. The van der Waals surface area contributed by atoms with Crippen molar-refractivity contribution in [3.63, 3.8) is 0 Å². The van der Waals surface area contributed by atoms with E-state index in [1.165, 1.54) is 0 Å². The molecule has 3 atom stereocenters. The number of hydrogen-bond donors (Lipinski definition) is 1. The molecule has 3 heterocycles. The van der Waals surface area contributed by atoms with E-state index in [1.54, 1.807) is 10.9 Å². The lowest BCUT2D eigenvalue weighted by atomic mass is 10.1. The summed E-state index contributed by atoms with van der Waals surface area (Å²) in [6, 6.07) is 0.309. The van der Waals surface area contributed by atoms with Crippen molar-refractivity contribution in [3.05, 3.63) is 12.4 Å². The number of likely N-dealkylation sites (tertiary alicyclic amines) is 1. The van der Waals surface area contributed by atoms with Gasteiger partial charge in [-0.05, 0) is 39.2 Å². The van der Waals surface area contributed by atoms with Gasteiger partial charge in [-0.15, -0.1) is 0 Å². The van der Waals surface area contributed by atoms with Gasteiger partial charge in [0.2, 0.25) is 5.91 Å². The number of aliphatic hydroxyl groups excluding tert-OH is 1. The van der Waals surface area contributed by atoms with Crippen LogP contribution in [-0.2, 0) is 11.8 Å². The Kier molecular flexibility index (Phi) is 3.99. The predicted molar refractivity (Wildman–Crippen MR) is 80.0 cm³/mol. The Bertz CT molecular complexity index is 514. The Balaban J connectivity index is 1.71. The van der Waals surface area contributed by atoms with Crippen LogP contribution in [0.4, 0.5) is 5.69 Å². The SMILES string of the molecule is CC(O)CC1CCCN1C1CCN(c2cnn(C)c2)C1=O. The Hall–Kier alpha value is -1.40. The molecule has 21 heavy (non-hydrogen) atoms. The number of aliphatic hydroxyl groups is 1. The quantitative estimate of drug-likeness (QED) is 0.890. The third-order valence-corrected chi connectivity index (χ3v) is 4.62. The smallest absolute Gasteiger partial charge is 0.244 e. The molecule has 1 N–H and O–H groups in total. The van der Waals surface area contributed by atoms with Gasteiger partial charge in [-0.1, -0.05) is 0 Å². The average Bonchev–Trinajstić information content (AvgIpc) is 3.10. The van der Waals surface area contributed by atoms with Gasteiger partial charge in [-0.25, -0.2) is 0 Å². The first-order chi connectivity index (χ1) is 10.1. The fraction of sp³-hybridized carbons (Fsp3) is 0.733. The topological polar surface area (TPSA) is 61.6 Å². The minimum atomic E-state index is -0.304. The average molecular weight is 292 g/mol. The van der Waals surface area contributed by atoms with E-state index in [9.17, 15) is 9.90 Å². The molecule has 116 valence electrons. The third-order valence-electron chi connectivity index (χ3n) is 4.62. The van der Waals surface area contributed by atoms with Gasteiger partial charge in [0, 0.05) is 25.8 Å². The lowest BCUT2D eigenvalue weighted by Crippen LogP contribution is -2.45. The maximum atomic E-state index is 12.7. The van der Waals surface area contributed by atoms with E-state index < -0.39 is 0 Å². The van der Waals surface area contributed by atoms with Gasteiger partial charge in [0.25, 0.3) is 0 Å². The molecular formula is C15H24N4O2. The van der Waals surface area contributed by atoms with Crippen molar-refractivity contribution in [3.8, 4) is 0 Å². The fourth-order valence-electron chi connectivity index (χ4n) is 3.69. The van der Waals surface area contributed by atoms with E-state index in [0.29, 0.717) is 6.04 Å². The van der Waals surface area contributed by atoms with Crippen LogP contribution in [0.5, 0.6) is 0 Å². The van der Waals surface area contributed by atoms with E-state index in [0.717, 1.165) is 44.5 Å². The van der Waals surface area contributed by atoms with Crippen LogP contribution < -0.4 is 4.90 Å². The van der Waals surface area contributed by atoms with Crippen LogP contribution in [0.3, 0.4) is 0 Å². The van der Waals surface area contributed by atoms with E-state index in [4.69, 9.17) is 0 Å². The van der Waals surface area contributed by atoms with E-state index >= 15 is 0 Å². The zero-order chi connectivity index (χ0) is 15.0. The van der Waals surface area contributed by atoms with Crippen LogP contribution in [0.2, 0.25) is 0 Å². The largest absolute Gasteiger partial charge is 0.393 e. The maximum absolute atomic E-state index is 12.7. The number of carbonyl (C=O) groups is 1. The van der Waals surface area contributed by atoms with Crippen LogP contribution in [0.25, 0.3) is 0 Å². The second-order valence-corrected chi connectivity index (χ2v) is 6.29. The van der Waals surface area contributed by atoms with Crippen LogP contribution >= 0.6 is 0 Å². The number of hydrogen-bond acceptors (Lipinski definition) is 4. The van der Waals surface area contributed by atoms with Gasteiger partial charge in [-0.3, -0.25) is 14.4 Å². The molecule has 3 rings (SSSR count). The van der Waals surface area contributed by atoms with Crippen molar-refractivity contribution in [2.45, 2.75) is 50.8 Å². The first kappa shape index (κ1) is 14.5. The lowest BCUT2D eigenvalue weighted by molar-refractivity contribution is -0.122. The Labute approximate surface area is 125 Å². The van der Waals surface area contributed by atoms with Gasteiger partial charge in [0.15, 0.2) is 0 Å². The summed E-state index contributed by atoms with van der Waals surface area (Å²) in [4.78, 5) is 16.9. The van der Waals surface area contributed by atoms with Gasteiger partial charge < -0.3 is 10.0 Å². The van der Waals surface area contributed by atoms with Crippen LogP contribution in [0.1, 0.15) is 32.6 Å². The van der Waals surface area contributed by atoms with E-state index in [2.05, 4.69) is 10.00 Å². The van der Waals surface area contributed by atoms with Gasteiger partial charge in [0.05, 0.1) is 24.0 Å². The van der Waals surface area contributed by atoms with Crippen molar-refractivity contribution in [2.24, 2.45) is 7.05 Å².